The van der Waals surface area contributed by atoms with Crippen molar-refractivity contribution in [2.24, 2.45) is 17.0 Å². The molecule has 0 radical (unpaired) electrons. The Morgan fingerprint density at radius 1 is 1.56 bits per heavy atom. The molecule has 0 N–H and O–H groups in total. The maximum Gasteiger partial charge on any atom is 0.178 e. The minimum Gasteiger partial charge on any atom is -0.388 e. The molecule has 3 saturated heterocycles. The summed E-state index contributed by atoms with van der Waals surface area (Å²) in [7, 11) is 0. The second kappa shape index (κ2) is 5.40. The third kappa shape index (κ3) is 2.75. The van der Waals surface area contributed by atoms with Crippen molar-refractivity contribution in [3.63, 3.8) is 0 Å². The first-order valence-electron chi connectivity index (χ1n) is 6.30. The van der Waals surface area contributed by atoms with Crippen LogP contribution in [0.5, 0.6) is 0 Å². The Bertz CT molecular complexity index is 427. The van der Waals surface area contributed by atoms with E-state index in [2.05, 4.69) is 31.1 Å². The van der Waals surface area contributed by atoms with Crippen LogP contribution in [0.15, 0.2) is 20.3 Å². The molecule has 3 aliphatic heterocycles. The molecule has 98 valence electrons. The molecule has 4 rings (SSSR count). The molecule has 0 aromatic carbocycles. The molecule has 2 bridgehead atoms. The fourth-order valence-electron chi connectivity index (χ4n) is 2.76. The Labute approximate surface area is 114 Å². The van der Waals surface area contributed by atoms with Gasteiger partial charge in [0.05, 0.1) is 0 Å². The molecule has 4 heterocycles. The van der Waals surface area contributed by atoms with E-state index in [0.29, 0.717) is 22.9 Å². The van der Waals surface area contributed by atoms with Crippen LogP contribution in [0.1, 0.15) is 18.6 Å². The number of halogens is 1. The van der Waals surface area contributed by atoms with Gasteiger partial charge in [-0.1, -0.05) is 10.3 Å². The summed E-state index contributed by atoms with van der Waals surface area (Å²) in [5, 5.41) is 7.78. The first-order chi connectivity index (χ1) is 8.81. The van der Waals surface area contributed by atoms with E-state index in [0.717, 1.165) is 12.5 Å². The zero-order valence-corrected chi connectivity index (χ0v) is 11.7. The fraction of sp³-hybridized carbons (Fsp3) is 0.667. The number of hydrogen-bond acceptors (Lipinski definition) is 5. The summed E-state index contributed by atoms with van der Waals surface area (Å²) in [5.74, 6) is 2.02. The van der Waals surface area contributed by atoms with E-state index in [1.807, 2.05) is 6.21 Å². The summed E-state index contributed by atoms with van der Waals surface area (Å²) in [6.07, 6.45) is 4.55. The molecule has 3 fully saturated rings. The van der Waals surface area contributed by atoms with Crippen molar-refractivity contribution >= 4 is 22.1 Å². The Hall–Kier alpha value is -0.880. The number of fused-ring (bicyclic) bond motifs is 3. The van der Waals surface area contributed by atoms with Crippen LogP contribution in [-0.2, 0) is 11.4 Å². The van der Waals surface area contributed by atoms with Gasteiger partial charge in [-0.05, 0) is 47.8 Å². The van der Waals surface area contributed by atoms with Gasteiger partial charge < -0.3 is 14.3 Å². The van der Waals surface area contributed by atoms with Gasteiger partial charge in [0.1, 0.15) is 4.60 Å². The van der Waals surface area contributed by atoms with Crippen molar-refractivity contribution in [2.75, 3.05) is 19.6 Å². The lowest BCUT2D eigenvalue weighted by molar-refractivity contribution is 0.0762. The predicted molar refractivity (Wildman–Crippen MR) is 70.1 cm³/mol. The second-order valence-corrected chi connectivity index (χ2v) is 5.76. The normalized spacial score (nSPS) is 31.1. The Balaban J connectivity index is 1.46. The summed E-state index contributed by atoms with van der Waals surface area (Å²) in [6.45, 7) is 3.96. The lowest BCUT2D eigenvalue weighted by atomic mass is 9.80. The number of oxime groups is 1. The zero-order valence-electron chi connectivity index (χ0n) is 10.1. The topological polar surface area (TPSA) is 50.9 Å². The summed E-state index contributed by atoms with van der Waals surface area (Å²) in [4.78, 5) is 7.74. The van der Waals surface area contributed by atoms with Crippen LogP contribution in [0.25, 0.3) is 0 Å². The number of rotatable bonds is 4. The van der Waals surface area contributed by atoms with Gasteiger partial charge in [0.15, 0.2) is 12.4 Å². The smallest absolute Gasteiger partial charge is 0.178 e. The fourth-order valence-corrected chi connectivity index (χ4v) is 3.09. The van der Waals surface area contributed by atoms with Crippen molar-refractivity contribution < 1.29 is 9.36 Å². The van der Waals surface area contributed by atoms with Crippen molar-refractivity contribution in [3.8, 4) is 0 Å². The van der Waals surface area contributed by atoms with Gasteiger partial charge in [0.2, 0.25) is 0 Å². The van der Waals surface area contributed by atoms with Crippen LogP contribution in [0.2, 0.25) is 0 Å². The molecule has 1 atom stereocenters. The van der Waals surface area contributed by atoms with Crippen LogP contribution in [0, 0.1) is 11.8 Å². The van der Waals surface area contributed by atoms with Crippen LogP contribution in [0.3, 0.4) is 0 Å². The molecule has 1 aromatic heterocycles. The van der Waals surface area contributed by atoms with Gasteiger partial charge in [-0.3, -0.25) is 0 Å². The van der Waals surface area contributed by atoms with Gasteiger partial charge in [0, 0.05) is 24.7 Å². The molecule has 1 aromatic rings. The lowest BCUT2D eigenvalue weighted by Gasteiger charge is -2.43. The standard InChI is InChI=1S/C12H16BrN3O2/c13-12-5-11(18-15-12)8-17-14-6-10-7-16-3-1-9(10)2-4-16/h5-6,9-10H,1-4,7-8H2/b14-6+. The molecule has 6 heteroatoms. The molecule has 0 spiro atoms. The highest BCUT2D eigenvalue weighted by Crippen LogP contribution is 2.31. The first kappa shape index (κ1) is 12.2. The van der Waals surface area contributed by atoms with Crippen LogP contribution in [-0.4, -0.2) is 35.9 Å². The Morgan fingerprint density at radius 2 is 2.39 bits per heavy atom. The Morgan fingerprint density at radius 3 is 3.00 bits per heavy atom. The highest BCUT2D eigenvalue weighted by atomic mass is 79.9. The third-order valence-corrected chi connectivity index (χ3v) is 4.14. The van der Waals surface area contributed by atoms with E-state index in [1.54, 1.807) is 6.07 Å². The highest BCUT2D eigenvalue weighted by Gasteiger charge is 2.33. The molecule has 5 nitrogen and oxygen atoms in total. The van der Waals surface area contributed by atoms with Gasteiger partial charge >= 0.3 is 0 Å². The summed E-state index contributed by atoms with van der Waals surface area (Å²) in [5.41, 5.74) is 0. The minimum atomic E-state index is 0.330. The third-order valence-electron chi connectivity index (χ3n) is 3.77. The second-order valence-electron chi connectivity index (χ2n) is 4.95. The average Bonchev–Trinajstić information content (AvgIpc) is 2.82. The summed E-state index contributed by atoms with van der Waals surface area (Å²) < 4.78 is 5.68. The van der Waals surface area contributed by atoms with E-state index in [1.165, 1.54) is 25.9 Å². The number of piperidine rings is 3. The quantitative estimate of drug-likeness (QED) is 0.632. The monoisotopic (exact) mass is 313 g/mol. The number of nitrogens with zero attached hydrogens (tertiary/aromatic N) is 3. The van der Waals surface area contributed by atoms with Crippen LogP contribution in [0.4, 0.5) is 0 Å². The SMILES string of the molecule is Brc1cc(CO/N=C/C2CN3CCC2CC3)on1. The molecule has 0 amide bonds. The molecule has 18 heavy (non-hydrogen) atoms. The van der Waals surface area contributed by atoms with Crippen LogP contribution >= 0.6 is 15.9 Å². The van der Waals surface area contributed by atoms with Gasteiger partial charge in [-0.15, -0.1) is 0 Å². The van der Waals surface area contributed by atoms with Crippen molar-refractivity contribution in [1.82, 2.24) is 10.1 Å². The first-order valence-corrected chi connectivity index (χ1v) is 7.09. The molecule has 1 unspecified atom stereocenters. The van der Waals surface area contributed by atoms with Crippen molar-refractivity contribution in [1.29, 1.82) is 0 Å². The van der Waals surface area contributed by atoms with E-state index in [-0.39, 0.29) is 0 Å². The molecule has 3 aliphatic rings. The molecule has 0 aliphatic carbocycles. The van der Waals surface area contributed by atoms with Gasteiger partial charge in [-0.2, -0.15) is 0 Å². The maximum absolute atomic E-state index is 5.24. The predicted octanol–water partition coefficient (Wildman–Crippen LogP) is 2.28. The largest absolute Gasteiger partial charge is 0.388 e. The summed E-state index contributed by atoms with van der Waals surface area (Å²) in [6, 6.07) is 1.78. The molecular formula is C12H16BrN3O2. The van der Waals surface area contributed by atoms with Crippen LogP contribution < -0.4 is 0 Å². The summed E-state index contributed by atoms with van der Waals surface area (Å²) >= 11 is 3.22. The van der Waals surface area contributed by atoms with Gasteiger partial charge in [-0.25, -0.2) is 0 Å². The lowest BCUT2D eigenvalue weighted by Crippen LogP contribution is -2.47. The van der Waals surface area contributed by atoms with E-state index in [4.69, 9.17) is 9.36 Å². The highest BCUT2D eigenvalue weighted by molar-refractivity contribution is 9.10. The number of aromatic nitrogens is 1. The van der Waals surface area contributed by atoms with Crippen molar-refractivity contribution in [3.05, 3.63) is 16.4 Å². The maximum atomic E-state index is 5.24. The molecule has 0 saturated carbocycles. The van der Waals surface area contributed by atoms with E-state index >= 15 is 0 Å². The average molecular weight is 314 g/mol. The number of hydrogen-bond donors (Lipinski definition) is 0. The van der Waals surface area contributed by atoms with Crippen molar-refractivity contribution in [2.45, 2.75) is 19.4 Å². The Kier molecular flexibility index (Phi) is 3.65. The van der Waals surface area contributed by atoms with E-state index < -0.39 is 0 Å². The molecular weight excluding hydrogens is 298 g/mol. The zero-order chi connectivity index (χ0) is 12.4. The van der Waals surface area contributed by atoms with Gasteiger partial charge in [0.25, 0.3) is 0 Å². The minimum absolute atomic E-state index is 0.330. The van der Waals surface area contributed by atoms with E-state index in [9.17, 15) is 0 Å².